The molecule has 3 atom stereocenters. The Morgan fingerprint density at radius 1 is 1.29 bits per heavy atom. The van der Waals surface area contributed by atoms with Crippen LogP contribution in [0.5, 0.6) is 0 Å². The highest BCUT2D eigenvalue weighted by atomic mass is 16.6. The van der Waals surface area contributed by atoms with E-state index in [1.807, 2.05) is 49.9 Å². The summed E-state index contributed by atoms with van der Waals surface area (Å²) in [5.74, 6) is 0.550. The van der Waals surface area contributed by atoms with Crippen molar-refractivity contribution < 1.29 is 9.53 Å². The second-order valence-electron chi connectivity index (χ2n) is 8.04. The van der Waals surface area contributed by atoms with Crippen LogP contribution in [0.15, 0.2) is 24.3 Å². The average molecular weight is 331 g/mol. The molecule has 2 aliphatic rings. The third-order valence-corrected chi connectivity index (χ3v) is 4.98. The van der Waals surface area contributed by atoms with E-state index in [0.717, 1.165) is 37.2 Å². The van der Waals surface area contributed by atoms with E-state index in [2.05, 4.69) is 5.32 Å². The Morgan fingerprint density at radius 2 is 2.04 bits per heavy atom. The Hall–Kier alpha value is -1.91. The molecule has 1 saturated carbocycles. The Kier molecular flexibility index (Phi) is 4.61. The molecule has 3 rings (SSSR count). The van der Waals surface area contributed by atoms with Crippen molar-refractivity contribution in [2.45, 2.75) is 64.1 Å². The van der Waals surface area contributed by atoms with Crippen molar-refractivity contribution in [1.82, 2.24) is 4.90 Å². The van der Waals surface area contributed by atoms with Crippen LogP contribution in [0, 0.1) is 5.92 Å². The van der Waals surface area contributed by atoms with Crippen molar-refractivity contribution in [1.29, 1.82) is 0 Å². The fraction of sp³-hybridized carbons (Fsp3) is 0.632. The molecule has 1 aliphatic heterocycles. The molecule has 5 heteroatoms. The van der Waals surface area contributed by atoms with Gasteiger partial charge in [0.15, 0.2) is 0 Å². The SMILES string of the molecule is CC(C)(C)OC(=O)N1CCCC2CC(Nc3ccccc3N)CC21. The van der Waals surface area contributed by atoms with Crippen LogP contribution in [0.4, 0.5) is 16.2 Å². The Bertz CT molecular complexity index is 597. The number of ether oxygens (including phenoxy) is 1. The minimum absolute atomic E-state index is 0.169. The molecule has 24 heavy (non-hydrogen) atoms. The number of hydrogen-bond donors (Lipinski definition) is 2. The minimum atomic E-state index is -0.446. The number of nitrogens with one attached hydrogen (secondary N) is 1. The smallest absolute Gasteiger partial charge is 0.410 e. The fourth-order valence-corrected chi connectivity index (χ4v) is 4.00. The van der Waals surface area contributed by atoms with Gasteiger partial charge in [0.05, 0.1) is 11.4 Å². The second kappa shape index (κ2) is 6.54. The standard InChI is InChI=1S/C19H29N3O2/c1-19(2,3)24-18(23)22-10-6-7-13-11-14(12-17(13)22)21-16-9-5-4-8-15(16)20/h4-5,8-9,13-14,17,21H,6-7,10-12,20H2,1-3H3. The third kappa shape index (κ3) is 3.77. The van der Waals surface area contributed by atoms with Crippen LogP contribution in [0.3, 0.4) is 0 Å². The summed E-state index contributed by atoms with van der Waals surface area (Å²) in [5.41, 5.74) is 7.36. The molecule has 0 spiro atoms. The average Bonchev–Trinajstić information content (AvgIpc) is 2.90. The number of nitrogen functional groups attached to an aromatic ring is 1. The molecule has 132 valence electrons. The lowest BCUT2D eigenvalue weighted by Crippen LogP contribution is -2.48. The van der Waals surface area contributed by atoms with Crippen LogP contribution < -0.4 is 11.1 Å². The molecule has 1 aliphatic carbocycles. The predicted octanol–water partition coefficient (Wildman–Crippen LogP) is 3.86. The zero-order valence-corrected chi connectivity index (χ0v) is 14.9. The number of hydrogen-bond acceptors (Lipinski definition) is 4. The lowest BCUT2D eigenvalue weighted by atomic mass is 9.92. The molecule has 1 aromatic rings. The van der Waals surface area contributed by atoms with Crippen molar-refractivity contribution in [2.75, 3.05) is 17.6 Å². The highest BCUT2D eigenvalue weighted by molar-refractivity contribution is 5.69. The van der Waals surface area contributed by atoms with Crippen LogP contribution >= 0.6 is 0 Å². The molecule has 2 fully saturated rings. The first-order valence-corrected chi connectivity index (χ1v) is 8.94. The lowest BCUT2D eigenvalue weighted by Gasteiger charge is -2.38. The summed E-state index contributed by atoms with van der Waals surface area (Å²) >= 11 is 0. The van der Waals surface area contributed by atoms with Gasteiger partial charge in [0, 0.05) is 18.6 Å². The summed E-state index contributed by atoms with van der Waals surface area (Å²) in [4.78, 5) is 14.5. The maximum atomic E-state index is 12.5. The van der Waals surface area contributed by atoms with Gasteiger partial charge < -0.3 is 20.7 Å². The Morgan fingerprint density at radius 3 is 2.75 bits per heavy atom. The van der Waals surface area contributed by atoms with E-state index in [1.54, 1.807) is 0 Å². The number of piperidine rings is 1. The third-order valence-electron chi connectivity index (χ3n) is 4.98. The molecule has 1 heterocycles. The van der Waals surface area contributed by atoms with Crippen molar-refractivity contribution >= 4 is 17.5 Å². The molecular formula is C19H29N3O2. The monoisotopic (exact) mass is 331 g/mol. The number of anilines is 2. The summed E-state index contributed by atoms with van der Waals surface area (Å²) in [6, 6.07) is 8.50. The quantitative estimate of drug-likeness (QED) is 0.808. The molecule has 3 unspecified atom stereocenters. The molecule has 1 saturated heterocycles. The van der Waals surface area contributed by atoms with Crippen molar-refractivity contribution in [3.05, 3.63) is 24.3 Å². The van der Waals surface area contributed by atoms with Gasteiger partial charge in [0.2, 0.25) is 0 Å². The van der Waals surface area contributed by atoms with E-state index in [0.29, 0.717) is 12.0 Å². The highest BCUT2D eigenvalue weighted by Crippen LogP contribution is 2.39. The Balaban J connectivity index is 1.66. The van der Waals surface area contributed by atoms with Gasteiger partial charge >= 0.3 is 6.09 Å². The van der Waals surface area contributed by atoms with Gasteiger partial charge in [0.1, 0.15) is 5.60 Å². The summed E-state index contributed by atoms with van der Waals surface area (Å²) in [5, 5.41) is 3.57. The number of carbonyl (C=O) groups is 1. The number of amides is 1. The lowest BCUT2D eigenvalue weighted by molar-refractivity contribution is 0.00432. The maximum Gasteiger partial charge on any atom is 0.410 e. The van der Waals surface area contributed by atoms with Crippen LogP contribution in [0.1, 0.15) is 46.5 Å². The molecule has 1 aromatic carbocycles. The van der Waals surface area contributed by atoms with Gasteiger partial charge in [-0.2, -0.15) is 0 Å². The molecule has 0 radical (unpaired) electrons. The van der Waals surface area contributed by atoms with E-state index >= 15 is 0 Å². The van der Waals surface area contributed by atoms with Gasteiger partial charge in [0.25, 0.3) is 0 Å². The fourth-order valence-electron chi connectivity index (χ4n) is 4.00. The largest absolute Gasteiger partial charge is 0.444 e. The van der Waals surface area contributed by atoms with E-state index < -0.39 is 5.60 Å². The van der Waals surface area contributed by atoms with Crippen LogP contribution in [0.2, 0.25) is 0 Å². The van der Waals surface area contributed by atoms with Gasteiger partial charge in [-0.3, -0.25) is 0 Å². The van der Waals surface area contributed by atoms with Crippen LogP contribution in [-0.2, 0) is 4.74 Å². The summed E-state index contributed by atoms with van der Waals surface area (Å²) in [6.45, 7) is 6.56. The molecule has 0 bridgehead atoms. The van der Waals surface area contributed by atoms with Crippen LogP contribution in [0.25, 0.3) is 0 Å². The van der Waals surface area contributed by atoms with E-state index in [1.165, 1.54) is 6.42 Å². The van der Waals surface area contributed by atoms with Gasteiger partial charge in [-0.25, -0.2) is 4.79 Å². The number of nitrogens with zero attached hydrogens (tertiary/aromatic N) is 1. The second-order valence-corrected chi connectivity index (χ2v) is 8.04. The van der Waals surface area contributed by atoms with Crippen molar-refractivity contribution in [2.24, 2.45) is 5.92 Å². The maximum absolute atomic E-state index is 12.5. The van der Waals surface area contributed by atoms with Gasteiger partial charge in [-0.1, -0.05) is 12.1 Å². The molecular weight excluding hydrogens is 302 g/mol. The van der Waals surface area contributed by atoms with E-state index in [-0.39, 0.29) is 12.1 Å². The number of likely N-dealkylation sites (tertiary alicyclic amines) is 1. The van der Waals surface area contributed by atoms with Gasteiger partial charge in [-0.05, 0) is 64.5 Å². The van der Waals surface area contributed by atoms with E-state index in [9.17, 15) is 4.79 Å². The number of benzene rings is 1. The first kappa shape index (κ1) is 16.9. The zero-order valence-electron chi connectivity index (χ0n) is 14.9. The van der Waals surface area contributed by atoms with Crippen LogP contribution in [-0.4, -0.2) is 35.2 Å². The first-order chi connectivity index (χ1) is 11.3. The molecule has 5 nitrogen and oxygen atoms in total. The minimum Gasteiger partial charge on any atom is -0.444 e. The number of nitrogens with two attached hydrogens (primary N) is 1. The molecule has 0 aromatic heterocycles. The normalized spacial score (nSPS) is 26.8. The first-order valence-electron chi connectivity index (χ1n) is 8.94. The topological polar surface area (TPSA) is 67.6 Å². The summed E-state index contributed by atoms with van der Waals surface area (Å²) < 4.78 is 5.60. The van der Waals surface area contributed by atoms with E-state index in [4.69, 9.17) is 10.5 Å². The predicted molar refractivity (Wildman–Crippen MR) is 97.0 cm³/mol. The summed E-state index contributed by atoms with van der Waals surface area (Å²) in [6.07, 6.45) is 4.11. The van der Waals surface area contributed by atoms with Crippen molar-refractivity contribution in [3.63, 3.8) is 0 Å². The zero-order chi connectivity index (χ0) is 17.3. The number of carbonyl (C=O) groups excluding carboxylic acids is 1. The molecule has 3 N–H and O–H groups in total. The molecule has 1 amide bonds. The number of para-hydroxylation sites is 2. The number of fused-ring (bicyclic) bond motifs is 1. The van der Waals surface area contributed by atoms with Crippen molar-refractivity contribution in [3.8, 4) is 0 Å². The highest BCUT2D eigenvalue weighted by Gasteiger charge is 2.43. The summed E-state index contributed by atoms with van der Waals surface area (Å²) in [7, 11) is 0. The Labute approximate surface area is 144 Å². The number of rotatable bonds is 2. The van der Waals surface area contributed by atoms with Gasteiger partial charge in [-0.15, -0.1) is 0 Å².